The fourth-order valence-electron chi connectivity index (χ4n) is 4.30. The molecule has 0 saturated carbocycles. The van der Waals surface area contributed by atoms with Crippen LogP contribution in [-0.2, 0) is 9.59 Å². The van der Waals surface area contributed by atoms with Crippen LogP contribution in [0.25, 0.3) is 0 Å². The standard InChI is InChI=1S/C24H28N4O4/c1-2-32-21-6-4-3-5-20(21)28-16-18(15-22(28)29)23(30)26-19-9-13-27(14-10-19)24(31)17-7-11-25-12-8-17/h3-8,11-12,18-19H,2,9-10,13-16H2,1H3,(H,26,30). The molecule has 8 heteroatoms. The van der Waals surface area contributed by atoms with E-state index in [1.165, 1.54) is 0 Å². The van der Waals surface area contributed by atoms with E-state index in [0.29, 0.717) is 56.1 Å². The Bertz CT molecular complexity index is 973. The van der Waals surface area contributed by atoms with Crippen LogP contribution in [0.4, 0.5) is 5.69 Å². The second-order valence-corrected chi connectivity index (χ2v) is 8.12. The fraction of sp³-hybridized carbons (Fsp3) is 0.417. The van der Waals surface area contributed by atoms with Gasteiger partial charge in [-0.1, -0.05) is 12.1 Å². The average Bonchev–Trinajstić information content (AvgIpc) is 3.22. The van der Waals surface area contributed by atoms with Crippen molar-refractivity contribution in [1.29, 1.82) is 0 Å². The van der Waals surface area contributed by atoms with Gasteiger partial charge in [-0.3, -0.25) is 19.4 Å². The number of carbonyl (C=O) groups excluding carboxylic acids is 3. The van der Waals surface area contributed by atoms with Gasteiger partial charge in [-0.15, -0.1) is 0 Å². The van der Waals surface area contributed by atoms with E-state index in [4.69, 9.17) is 4.74 Å². The summed E-state index contributed by atoms with van der Waals surface area (Å²) in [5, 5.41) is 3.10. The minimum atomic E-state index is -0.395. The maximum atomic E-state index is 12.9. The van der Waals surface area contributed by atoms with Crippen molar-refractivity contribution >= 4 is 23.4 Å². The summed E-state index contributed by atoms with van der Waals surface area (Å²) in [7, 11) is 0. The van der Waals surface area contributed by atoms with Crippen molar-refractivity contribution in [3.63, 3.8) is 0 Å². The number of ether oxygens (including phenoxy) is 1. The highest BCUT2D eigenvalue weighted by Crippen LogP contribution is 2.33. The van der Waals surface area contributed by atoms with E-state index in [1.807, 2.05) is 36.1 Å². The molecule has 3 amide bonds. The smallest absolute Gasteiger partial charge is 0.253 e. The number of nitrogens with zero attached hydrogens (tertiary/aromatic N) is 3. The molecule has 0 radical (unpaired) electrons. The van der Waals surface area contributed by atoms with Crippen LogP contribution in [-0.4, -0.2) is 59.9 Å². The number of piperidine rings is 1. The molecule has 2 saturated heterocycles. The van der Waals surface area contributed by atoms with Crippen molar-refractivity contribution in [3.05, 3.63) is 54.4 Å². The molecule has 32 heavy (non-hydrogen) atoms. The van der Waals surface area contributed by atoms with E-state index in [1.54, 1.807) is 29.4 Å². The second kappa shape index (κ2) is 9.80. The number of amides is 3. The molecule has 1 N–H and O–H groups in total. The molecule has 8 nitrogen and oxygen atoms in total. The van der Waals surface area contributed by atoms with Crippen molar-refractivity contribution in [2.24, 2.45) is 5.92 Å². The Morgan fingerprint density at radius 1 is 1.12 bits per heavy atom. The maximum Gasteiger partial charge on any atom is 0.253 e. The van der Waals surface area contributed by atoms with Crippen LogP contribution in [0.15, 0.2) is 48.8 Å². The highest BCUT2D eigenvalue weighted by molar-refractivity contribution is 6.01. The molecule has 1 unspecified atom stereocenters. The Hall–Kier alpha value is -3.42. The molecule has 0 bridgehead atoms. The highest BCUT2D eigenvalue weighted by atomic mass is 16.5. The first-order valence-electron chi connectivity index (χ1n) is 11.1. The molecule has 0 spiro atoms. The zero-order chi connectivity index (χ0) is 22.5. The van der Waals surface area contributed by atoms with Crippen LogP contribution in [0.3, 0.4) is 0 Å². The van der Waals surface area contributed by atoms with Gasteiger partial charge in [0.25, 0.3) is 5.91 Å². The molecule has 1 atom stereocenters. The van der Waals surface area contributed by atoms with E-state index in [2.05, 4.69) is 10.3 Å². The van der Waals surface area contributed by atoms with E-state index in [9.17, 15) is 14.4 Å². The molecular formula is C24H28N4O4. The lowest BCUT2D eigenvalue weighted by Crippen LogP contribution is -2.48. The third kappa shape index (κ3) is 4.74. The Kier molecular flexibility index (Phi) is 6.68. The minimum Gasteiger partial charge on any atom is -0.492 e. The van der Waals surface area contributed by atoms with E-state index in [0.717, 1.165) is 0 Å². The summed E-state index contributed by atoms with van der Waals surface area (Å²) in [5.74, 6) is 0.0650. The SMILES string of the molecule is CCOc1ccccc1N1CC(C(=O)NC2CCN(C(=O)c3ccncc3)CC2)CC1=O. The largest absolute Gasteiger partial charge is 0.492 e. The Labute approximate surface area is 187 Å². The van der Waals surface area contributed by atoms with E-state index < -0.39 is 5.92 Å². The molecule has 2 fully saturated rings. The quantitative estimate of drug-likeness (QED) is 0.750. The van der Waals surface area contributed by atoms with Crippen molar-refractivity contribution in [2.45, 2.75) is 32.2 Å². The molecular weight excluding hydrogens is 408 g/mol. The summed E-state index contributed by atoms with van der Waals surface area (Å²) in [6.45, 7) is 3.92. The van der Waals surface area contributed by atoms with Gasteiger partial charge in [-0.2, -0.15) is 0 Å². The van der Waals surface area contributed by atoms with Gasteiger partial charge in [-0.05, 0) is 44.0 Å². The molecule has 168 valence electrons. The third-order valence-electron chi connectivity index (χ3n) is 6.01. The van der Waals surface area contributed by atoms with Crippen LogP contribution in [0.5, 0.6) is 5.75 Å². The van der Waals surface area contributed by atoms with Crippen LogP contribution in [0, 0.1) is 5.92 Å². The van der Waals surface area contributed by atoms with Crippen LogP contribution in [0.2, 0.25) is 0 Å². The van der Waals surface area contributed by atoms with Gasteiger partial charge >= 0.3 is 0 Å². The number of aromatic nitrogens is 1. The highest BCUT2D eigenvalue weighted by Gasteiger charge is 2.37. The van der Waals surface area contributed by atoms with Gasteiger partial charge in [0.2, 0.25) is 11.8 Å². The number of benzene rings is 1. The van der Waals surface area contributed by atoms with Gasteiger partial charge in [0.15, 0.2) is 0 Å². The zero-order valence-electron chi connectivity index (χ0n) is 18.2. The number of anilines is 1. The number of nitrogens with one attached hydrogen (secondary N) is 1. The number of hydrogen-bond acceptors (Lipinski definition) is 5. The molecule has 2 aliphatic heterocycles. The van der Waals surface area contributed by atoms with Crippen molar-refractivity contribution in [1.82, 2.24) is 15.2 Å². The third-order valence-corrected chi connectivity index (χ3v) is 6.01. The van der Waals surface area contributed by atoms with Gasteiger partial charge < -0.3 is 19.9 Å². The average molecular weight is 437 g/mol. The van der Waals surface area contributed by atoms with E-state index in [-0.39, 0.29) is 30.2 Å². The Morgan fingerprint density at radius 3 is 2.56 bits per heavy atom. The topological polar surface area (TPSA) is 91.8 Å². The van der Waals surface area contributed by atoms with Crippen molar-refractivity contribution < 1.29 is 19.1 Å². The van der Waals surface area contributed by atoms with Gasteiger partial charge in [-0.25, -0.2) is 0 Å². The Morgan fingerprint density at radius 2 is 1.84 bits per heavy atom. The molecule has 2 aliphatic rings. The predicted molar refractivity (Wildman–Crippen MR) is 119 cm³/mol. The number of carbonyl (C=O) groups is 3. The van der Waals surface area contributed by atoms with Gasteiger partial charge in [0, 0.05) is 50.1 Å². The number of para-hydroxylation sites is 2. The molecule has 1 aromatic carbocycles. The first-order valence-corrected chi connectivity index (χ1v) is 11.1. The Balaban J connectivity index is 1.31. The first kappa shape index (κ1) is 21.8. The van der Waals surface area contributed by atoms with Crippen molar-refractivity contribution in [2.75, 3.05) is 31.1 Å². The number of likely N-dealkylation sites (tertiary alicyclic amines) is 1. The fourth-order valence-corrected chi connectivity index (χ4v) is 4.30. The lowest BCUT2D eigenvalue weighted by Gasteiger charge is -2.33. The molecule has 4 rings (SSSR count). The summed E-state index contributed by atoms with van der Waals surface area (Å²) < 4.78 is 5.65. The molecule has 1 aromatic heterocycles. The van der Waals surface area contributed by atoms with Gasteiger partial charge in [0.1, 0.15) is 5.75 Å². The predicted octanol–water partition coefficient (Wildman–Crippen LogP) is 2.25. The minimum absolute atomic E-state index is 0.00357. The first-order chi connectivity index (χ1) is 15.6. The molecule has 2 aromatic rings. The summed E-state index contributed by atoms with van der Waals surface area (Å²) >= 11 is 0. The monoisotopic (exact) mass is 436 g/mol. The van der Waals surface area contributed by atoms with E-state index >= 15 is 0 Å². The van der Waals surface area contributed by atoms with Gasteiger partial charge in [0.05, 0.1) is 18.2 Å². The number of hydrogen-bond donors (Lipinski definition) is 1. The van der Waals surface area contributed by atoms with Crippen LogP contribution >= 0.6 is 0 Å². The lowest BCUT2D eigenvalue weighted by molar-refractivity contribution is -0.127. The molecule has 3 heterocycles. The summed E-state index contributed by atoms with van der Waals surface area (Å²) in [5.41, 5.74) is 1.33. The zero-order valence-corrected chi connectivity index (χ0v) is 18.2. The number of rotatable bonds is 6. The normalized spacial score (nSPS) is 19.2. The summed E-state index contributed by atoms with van der Waals surface area (Å²) in [6, 6.07) is 10.8. The maximum absolute atomic E-state index is 12.9. The summed E-state index contributed by atoms with van der Waals surface area (Å²) in [4.78, 5) is 45.5. The molecule has 0 aliphatic carbocycles. The second-order valence-electron chi connectivity index (χ2n) is 8.12. The van der Waals surface area contributed by atoms with Crippen LogP contribution < -0.4 is 15.0 Å². The van der Waals surface area contributed by atoms with Crippen LogP contribution in [0.1, 0.15) is 36.5 Å². The number of pyridine rings is 1. The van der Waals surface area contributed by atoms with Crippen molar-refractivity contribution in [3.8, 4) is 5.75 Å². The lowest BCUT2D eigenvalue weighted by atomic mass is 10.0. The summed E-state index contributed by atoms with van der Waals surface area (Å²) in [6.07, 6.45) is 4.80.